The number of rotatable bonds is 8. The van der Waals surface area contributed by atoms with E-state index < -0.39 is 11.9 Å². The molecule has 0 aliphatic carbocycles. The predicted molar refractivity (Wildman–Crippen MR) is 120 cm³/mol. The fraction of sp³-hybridized carbons (Fsp3) is 0.160. The Morgan fingerprint density at radius 3 is 2.38 bits per heavy atom. The van der Waals surface area contributed by atoms with Crippen LogP contribution in [-0.2, 0) is 11.3 Å². The molecular formula is C25H23NO6. The summed E-state index contributed by atoms with van der Waals surface area (Å²) in [4.78, 5) is 27.5. The van der Waals surface area contributed by atoms with Crippen molar-refractivity contribution in [3.05, 3.63) is 88.5 Å². The number of esters is 1. The van der Waals surface area contributed by atoms with Gasteiger partial charge in [-0.3, -0.25) is 4.99 Å². The summed E-state index contributed by atoms with van der Waals surface area (Å²) < 4.78 is 16.3. The Labute approximate surface area is 185 Å². The summed E-state index contributed by atoms with van der Waals surface area (Å²) in [6.07, 6.45) is 1.65. The quantitative estimate of drug-likeness (QED) is 0.404. The molecule has 0 spiro atoms. The van der Waals surface area contributed by atoms with Crippen LogP contribution in [0.3, 0.4) is 0 Å². The van der Waals surface area contributed by atoms with Gasteiger partial charge in [-0.05, 0) is 54.4 Å². The van der Waals surface area contributed by atoms with Crippen molar-refractivity contribution in [3.63, 3.8) is 0 Å². The largest absolute Gasteiger partial charge is 0.493 e. The SMILES string of the molecule is COC(=O)c1cccc(N=Cc2cccc(OC)c2OCc2ccc(C(=O)O)cc2)c1C. The second-order valence-corrected chi connectivity index (χ2v) is 6.87. The van der Waals surface area contributed by atoms with E-state index >= 15 is 0 Å². The maximum Gasteiger partial charge on any atom is 0.338 e. The van der Waals surface area contributed by atoms with Crippen LogP contribution in [0.4, 0.5) is 5.69 Å². The number of methoxy groups -OCH3 is 2. The second kappa shape index (κ2) is 10.3. The van der Waals surface area contributed by atoms with Crippen LogP contribution in [-0.4, -0.2) is 37.5 Å². The Balaban J connectivity index is 1.87. The molecule has 32 heavy (non-hydrogen) atoms. The van der Waals surface area contributed by atoms with Gasteiger partial charge in [-0.2, -0.15) is 0 Å². The minimum atomic E-state index is -0.979. The lowest BCUT2D eigenvalue weighted by Gasteiger charge is -2.13. The second-order valence-electron chi connectivity index (χ2n) is 6.87. The number of para-hydroxylation sites is 1. The van der Waals surface area contributed by atoms with E-state index in [2.05, 4.69) is 4.99 Å². The molecule has 0 heterocycles. The van der Waals surface area contributed by atoms with Gasteiger partial charge in [-0.25, -0.2) is 9.59 Å². The highest BCUT2D eigenvalue weighted by molar-refractivity contribution is 5.93. The highest BCUT2D eigenvalue weighted by atomic mass is 16.5. The number of carboxylic acid groups (broad SMARTS) is 1. The molecule has 0 atom stereocenters. The van der Waals surface area contributed by atoms with Gasteiger partial charge in [0.25, 0.3) is 0 Å². The van der Waals surface area contributed by atoms with Crippen LogP contribution in [0.2, 0.25) is 0 Å². The molecule has 164 valence electrons. The van der Waals surface area contributed by atoms with Gasteiger partial charge in [0.1, 0.15) is 6.61 Å². The van der Waals surface area contributed by atoms with Gasteiger partial charge in [0, 0.05) is 11.8 Å². The van der Waals surface area contributed by atoms with E-state index in [1.807, 2.05) is 25.1 Å². The number of benzene rings is 3. The summed E-state index contributed by atoms with van der Waals surface area (Å²) in [6, 6.07) is 17.2. The van der Waals surface area contributed by atoms with Gasteiger partial charge in [0.2, 0.25) is 0 Å². The van der Waals surface area contributed by atoms with Gasteiger partial charge in [0.05, 0.1) is 31.0 Å². The number of carbonyl (C=O) groups is 2. The van der Waals surface area contributed by atoms with Crippen LogP contribution in [0.25, 0.3) is 0 Å². The summed E-state index contributed by atoms with van der Waals surface area (Å²) in [5, 5.41) is 9.03. The third-order valence-corrected chi connectivity index (χ3v) is 4.87. The highest BCUT2D eigenvalue weighted by Gasteiger charge is 2.13. The van der Waals surface area contributed by atoms with Crippen LogP contribution in [0.5, 0.6) is 11.5 Å². The van der Waals surface area contributed by atoms with E-state index in [0.717, 1.165) is 5.56 Å². The van der Waals surface area contributed by atoms with Gasteiger partial charge < -0.3 is 19.3 Å². The Kier molecular flexibility index (Phi) is 7.23. The smallest absolute Gasteiger partial charge is 0.338 e. The molecule has 0 bridgehead atoms. The monoisotopic (exact) mass is 433 g/mol. The third-order valence-electron chi connectivity index (χ3n) is 4.87. The molecule has 0 unspecified atom stereocenters. The van der Waals surface area contributed by atoms with Gasteiger partial charge in [0.15, 0.2) is 11.5 Å². The van der Waals surface area contributed by atoms with Crippen molar-refractivity contribution in [3.8, 4) is 11.5 Å². The minimum Gasteiger partial charge on any atom is -0.493 e. The maximum absolute atomic E-state index is 11.9. The van der Waals surface area contributed by atoms with Crippen molar-refractivity contribution < 1.29 is 28.9 Å². The molecule has 1 N–H and O–H groups in total. The number of nitrogens with zero attached hydrogens (tertiary/aromatic N) is 1. The molecule has 0 aliphatic rings. The summed E-state index contributed by atoms with van der Waals surface area (Å²) in [5.74, 6) is -0.356. The third kappa shape index (κ3) is 5.13. The van der Waals surface area contributed by atoms with Gasteiger partial charge >= 0.3 is 11.9 Å². The lowest BCUT2D eigenvalue weighted by Crippen LogP contribution is -2.03. The predicted octanol–water partition coefficient (Wildman–Crippen LogP) is 4.82. The zero-order chi connectivity index (χ0) is 23.1. The molecule has 0 aliphatic heterocycles. The number of carboxylic acids is 1. The standard InChI is InChI=1S/C25H23NO6/c1-16-20(25(29)31-3)7-5-8-21(16)26-14-19-6-4-9-22(30-2)23(19)32-15-17-10-12-18(13-11-17)24(27)28/h4-14H,15H2,1-3H3,(H,27,28). The van der Waals surface area contributed by atoms with Gasteiger partial charge in [-0.1, -0.05) is 24.3 Å². The first kappa shape index (κ1) is 22.6. The zero-order valence-electron chi connectivity index (χ0n) is 18.0. The number of carbonyl (C=O) groups excluding carboxylic acids is 1. The fourth-order valence-electron chi connectivity index (χ4n) is 3.08. The Hall–Kier alpha value is -4.13. The van der Waals surface area contributed by atoms with Crippen molar-refractivity contribution in [2.75, 3.05) is 14.2 Å². The van der Waals surface area contributed by atoms with E-state index in [9.17, 15) is 9.59 Å². The highest BCUT2D eigenvalue weighted by Crippen LogP contribution is 2.32. The Bertz CT molecular complexity index is 1150. The first-order valence-electron chi connectivity index (χ1n) is 9.78. The average molecular weight is 433 g/mol. The molecule has 7 heteroatoms. The fourth-order valence-corrected chi connectivity index (χ4v) is 3.08. The molecule has 0 saturated carbocycles. The average Bonchev–Trinajstić information content (AvgIpc) is 2.81. The molecule has 7 nitrogen and oxygen atoms in total. The van der Waals surface area contributed by atoms with Crippen molar-refractivity contribution in [1.82, 2.24) is 0 Å². The van der Waals surface area contributed by atoms with Crippen molar-refractivity contribution >= 4 is 23.8 Å². The Morgan fingerprint density at radius 2 is 1.72 bits per heavy atom. The minimum absolute atomic E-state index is 0.211. The van der Waals surface area contributed by atoms with Crippen molar-refractivity contribution in [2.24, 2.45) is 4.99 Å². The summed E-state index contributed by atoms with van der Waals surface area (Å²) in [5.41, 5.74) is 3.50. The first-order valence-corrected chi connectivity index (χ1v) is 9.78. The first-order chi connectivity index (χ1) is 15.4. The normalized spacial score (nSPS) is 10.7. The van der Waals surface area contributed by atoms with Crippen LogP contribution in [0.1, 0.15) is 37.4 Å². The van der Waals surface area contributed by atoms with Crippen LogP contribution >= 0.6 is 0 Å². The number of aromatic carboxylic acids is 1. The molecule has 0 aromatic heterocycles. The van der Waals surface area contributed by atoms with Crippen LogP contribution in [0.15, 0.2) is 65.7 Å². The molecule has 3 aromatic carbocycles. The van der Waals surface area contributed by atoms with Crippen LogP contribution in [0, 0.1) is 6.92 Å². The van der Waals surface area contributed by atoms with E-state index in [0.29, 0.717) is 33.9 Å². The van der Waals surface area contributed by atoms with Gasteiger partial charge in [-0.15, -0.1) is 0 Å². The van der Waals surface area contributed by atoms with Crippen LogP contribution < -0.4 is 9.47 Å². The molecule has 0 fully saturated rings. The lowest BCUT2D eigenvalue weighted by atomic mass is 10.1. The van der Waals surface area contributed by atoms with E-state index in [1.54, 1.807) is 43.7 Å². The number of hydrogen-bond acceptors (Lipinski definition) is 6. The molecule has 3 aromatic rings. The molecule has 3 rings (SSSR count). The van der Waals surface area contributed by atoms with Crippen molar-refractivity contribution in [1.29, 1.82) is 0 Å². The molecule has 0 amide bonds. The topological polar surface area (TPSA) is 94.4 Å². The molecule has 0 radical (unpaired) electrons. The molecule has 0 saturated heterocycles. The Morgan fingerprint density at radius 1 is 1.00 bits per heavy atom. The van der Waals surface area contributed by atoms with E-state index in [1.165, 1.54) is 19.2 Å². The lowest BCUT2D eigenvalue weighted by molar-refractivity contribution is 0.0599. The van der Waals surface area contributed by atoms with E-state index in [-0.39, 0.29) is 12.2 Å². The maximum atomic E-state index is 11.9. The number of hydrogen-bond donors (Lipinski definition) is 1. The number of aliphatic imine (C=N–C) groups is 1. The van der Waals surface area contributed by atoms with Crippen molar-refractivity contribution in [2.45, 2.75) is 13.5 Å². The van der Waals surface area contributed by atoms with E-state index in [4.69, 9.17) is 19.3 Å². The molecular weight excluding hydrogens is 410 g/mol. The summed E-state index contributed by atoms with van der Waals surface area (Å²) in [7, 11) is 2.89. The zero-order valence-corrected chi connectivity index (χ0v) is 18.0. The summed E-state index contributed by atoms with van der Waals surface area (Å²) >= 11 is 0. The summed E-state index contributed by atoms with van der Waals surface area (Å²) in [6.45, 7) is 2.03. The number of ether oxygens (including phenoxy) is 3.